The smallest absolute Gasteiger partial charge is 0.304 e. The van der Waals surface area contributed by atoms with Gasteiger partial charge in [-0.3, -0.25) is 14.3 Å². The molecule has 0 saturated heterocycles. The molecule has 0 fully saturated rings. The fourth-order valence-corrected chi connectivity index (χ4v) is 3.13. The van der Waals surface area contributed by atoms with Crippen molar-refractivity contribution in [1.82, 2.24) is 24.7 Å². The summed E-state index contributed by atoms with van der Waals surface area (Å²) < 4.78 is 40.5. The van der Waals surface area contributed by atoms with Gasteiger partial charge in [0, 0.05) is 16.0 Å². The normalized spacial score (nSPS) is 12.8. The van der Waals surface area contributed by atoms with Crippen molar-refractivity contribution in [2.75, 3.05) is 5.32 Å². The van der Waals surface area contributed by atoms with Crippen LogP contribution >= 0.6 is 27.3 Å². The first-order chi connectivity index (χ1) is 12.7. The molecule has 7 nitrogen and oxygen atoms in total. The molecular weight excluding hydrogens is 449 g/mol. The number of anilines is 1. The second kappa shape index (κ2) is 7.35. The molecule has 3 heterocycles. The van der Waals surface area contributed by atoms with E-state index in [0.717, 1.165) is 39.2 Å². The highest BCUT2D eigenvalue weighted by atomic mass is 79.9. The predicted molar refractivity (Wildman–Crippen MR) is 96.5 cm³/mol. The van der Waals surface area contributed by atoms with Crippen LogP contribution in [-0.4, -0.2) is 36.8 Å². The number of pyridine rings is 1. The number of aryl methyl sites for hydroxylation is 1. The maximum Gasteiger partial charge on any atom is 0.408 e. The van der Waals surface area contributed by atoms with Crippen LogP contribution in [0.3, 0.4) is 0 Å². The van der Waals surface area contributed by atoms with Gasteiger partial charge < -0.3 is 5.32 Å². The Bertz CT molecular complexity index is 986. The van der Waals surface area contributed by atoms with Crippen molar-refractivity contribution in [2.24, 2.45) is 0 Å². The first kappa shape index (κ1) is 19.4. The average Bonchev–Trinajstić information content (AvgIpc) is 3.24. The summed E-state index contributed by atoms with van der Waals surface area (Å²) in [5, 5.41) is 11.5. The zero-order valence-corrected chi connectivity index (χ0v) is 16.4. The van der Waals surface area contributed by atoms with Crippen LogP contribution in [0.4, 0.5) is 19.0 Å². The van der Waals surface area contributed by atoms with Gasteiger partial charge in [0.2, 0.25) is 0 Å². The van der Waals surface area contributed by atoms with Gasteiger partial charge in [0.05, 0.1) is 0 Å². The lowest BCUT2D eigenvalue weighted by Crippen LogP contribution is -2.23. The van der Waals surface area contributed by atoms with Crippen molar-refractivity contribution in [1.29, 1.82) is 0 Å². The molecular formula is C15H12BrF3N6OS. The largest absolute Gasteiger partial charge is 0.408 e. The van der Waals surface area contributed by atoms with E-state index in [-0.39, 0.29) is 22.3 Å². The number of thiazole rings is 1. The van der Waals surface area contributed by atoms with E-state index in [2.05, 4.69) is 41.4 Å². The Morgan fingerprint density at radius 3 is 2.81 bits per heavy atom. The van der Waals surface area contributed by atoms with Gasteiger partial charge >= 0.3 is 6.18 Å². The summed E-state index contributed by atoms with van der Waals surface area (Å²) in [5.74, 6) is -0.327. The minimum atomic E-state index is -4.45. The summed E-state index contributed by atoms with van der Waals surface area (Å²) in [7, 11) is 0. The number of alkyl halides is 3. The summed E-state index contributed by atoms with van der Waals surface area (Å²) in [4.78, 5) is 20.4. The van der Waals surface area contributed by atoms with E-state index in [4.69, 9.17) is 0 Å². The molecule has 12 heteroatoms. The fourth-order valence-electron chi connectivity index (χ4n) is 2.07. The fraction of sp³-hybridized carbons (Fsp3) is 0.267. The quantitative estimate of drug-likeness (QED) is 0.628. The standard InChI is InChI=1S/C15H12BrF3N6OS/c1-7-4-20-10(3-9(7)16)13(26)22-11-5-27-14(23-11)12-24-21-6-25(12)8(2)15(17,18)19/h3-6,8H,1-2H3,(H,22,26). The molecule has 0 bridgehead atoms. The third-order valence-electron chi connectivity index (χ3n) is 3.67. The van der Waals surface area contributed by atoms with Crippen molar-refractivity contribution in [2.45, 2.75) is 26.1 Å². The van der Waals surface area contributed by atoms with Crippen LogP contribution in [0, 0.1) is 6.92 Å². The molecule has 0 spiro atoms. The highest BCUT2D eigenvalue weighted by Crippen LogP contribution is 2.34. The summed E-state index contributed by atoms with van der Waals surface area (Å²) in [6.45, 7) is 2.84. The molecule has 142 valence electrons. The zero-order valence-electron chi connectivity index (χ0n) is 14.0. The summed E-state index contributed by atoms with van der Waals surface area (Å²) in [5.41, 5.74) is 1.05. The van der Waals surface area contributed by atoms with E-state index < -0.39 is 18.1 Å². The van der Waals surface area contributed by atoms with Gasteiger partial charge in [-0.2, -0.15) is 13.2 Å². The van der Waals surface area contributed by atoms with Crippen molar-refractivity contribution in [3.63, 3.8) is 0 Å². The van der Waals surface area contributed by atoms with Crippen LogP contribution in [-0.2, 0) is 0 Å². The average molecular weight is 461 g/mol. The molecule has 0 aliphatic rings. The molecule has 0 saturated carbocycles. The van der Waals surface area contributed by atoms with E-state index in [1.54, 1.807) is 12.3 Å². The predicted octanol–water partition coefficient (Wildman–Crippen LogP) is 4.24. The number of hydrogen-bond acceptors (Lipinski definition) is 6. The first-order valence-electron chi connectivity index (χ1n) is 7.52. The van der Waals surface area contributed by atoms with Gasteiger partial charge in [-0.15, -0.1) is 21.5 Å². The second-order valence-electron chi connectivity index (χ2n) is 5.59. The lowest BCUT2D eigenvalue weighted by Gasteiger charge is -2.17. The molecule has 1 atom stereocenters. The zero-order chi connectivity index (χ0) is 19.8. The van der Waals surface area contributed by atoms with Crippen LogP contribution in [0.15, 0.2) is 28.4 Å². The minimum absolute atomic E-state index is 0.0264. The number of halogens is 4. The molecule has 3 rings (SSSR count). The highest BCUT2D eigenvalue weighted by molar-refractivity contribution is 9.10. The second-order valence-corrected chi connectivity index (χ2v) is 7.30. The van der Waals surface area contributed by atoms with Crippen molar-refractivity contribution in [3.8, 4) is 10.8 Å². The molecule has 0 aromatic carbocycles. The van der Waals surface area contributed by atoms with E-state index in [9.17, 15) is 18.0 Å². The number of hydrogen-bond donors (Lipinski definition) is 1. The Hall–Kier alpha value is -2.34. The number of carbonyl (C=O) groups excluding carboxylic acids is 1. The van der Waals surface area contributed by atoms with Crippen LogP contribution in [0.5, 0.6) is 0 Å². The molecule has 1 N–H and O–H groups in total. The van der Waals surface area contributed by atoms with Crippen LogP contribution in [0.1, 0.15) is 29.0 Å². The van der Waals surface area contributed by atoms with Gasteiger partial charge in [0.25, 0.3) is 5.91 Å². The van der Waals surface area contributed by atoms with Gasteiger partial charge in [0.15, 0.2) is 10.8 Å². The van der Waals surface area contributed by atoms with Gasteiger partial charge in [0.1, 0.15) is 23.9 Å². The third kappa shape index (κ3) is 4.16. The maximum atomic E-state index is 13.0. The lowest BCUT2D eigenvalue weighted by molar-refractivity contribution is -0.162. The van der Waals surface area contributed by atoms with Crippen molar-refractivity contribution in [3.05, 3.63) is 39.7 Å². The Balaban J connectivity index is 1.81. The molecule has 27 heavy (non-hydrogen) atoms. The van der Waals surface area contributed by atoms with E-state index >= 15 is 0 Å². The SMILES string of the molecule is Cc1cnc(C(=O)Nc2csc(-c3nncn3C(C)C(F)(F)F)n2)cc1Br. The van der Waals surface area contributed by atoms with Gasteiger partial charge in [-0.05, 0) is 25.5 Å². The first-order valence-corrected chi connectivity index (χ1v) is 9.19. The molecule has 0 radical (unpaired) electrons. The molecule has 3 aromatic heterocycles. The number of aromatic nitrogens is 5. The van der Waals surface area contributed by atoms with Gasteiger partial charge in [-0.25, -0.2) is 4.98 Å². The number of nitrogens with zero attached hydrogens (tertiary/aromatic N) is 5. The van der Waals surface area contributed by atoms with Crippen LogP contribution in [0.2, 0.25) is 0 Å². The molecule has 0 aliphatic heterocycles. The topological polar surface area (TPSA) is 85.6 Å². The van der Waals surface area contributed by atoms with Crippen molar-refractivity contribution < 1.29 is 18.0 Å². The molecule has 3 aromatic rings. The Kier molecular flexibility index (Phi) is 5.29. The van der Waals surface area contributed by atoms with Crippen LogP contribution in [0.25, 0.3) is 10.8 Å². The number of carbonyl (C=O) groups is 1. The van der Waals surface area contributed by atoms with Crippen molar-refractivity contribution >= 4 is 39.0 Å². The molecule has 1 unspecified atom stereocenters. The summed E-state index contributed by atoms with van der Waals surface area (Å²) in [6, 6.07) is -0.238. The van der Waals surface area contributed by atoms with E-state index in [1.165, 1.54) is 5.38 Å². The Morgan fingerprint density at radius 2 is 2.15 bits per heavy atom. The van der Waals surface area contributed by atoms with E-state index in [1.807, 2.05) is 6.92 Å². The minimum Gasteiger partial charge on any atom is -0.304 e. The highest BCUT2D eigenvalue weighted by Gasteiger charge is 2.39. The Morgan fingerprint density at radius 1 is 1.41 bits per heavy atom. The number of rotatable bonds is 4. The van der Waals surface area contributed by atoms with Gasteiger partial charge in [-0.1, -0.05) is 15.9 Å². The third-order valence-corrected chi connectivity index (χ3v) is 5.36. The summed E-state index contributed by atoms with van der Waals surface area (Å²) >= 11 is 4.37. The number of nitrogens with one attached hydrogen (secondary N) is 1. The lowest BCUT2D eigenvalue weighted by atomic mass is 10.2. The maximum absolute atomic E-state index is 13.0. The molecule has 0 aliphatic carbocycles. The van der Waals surface area contributed by atoms with E-state index in [0.29, 0.717) is 0 Å². The van der Waals surface area contributed by atoms with Crippen LogP contribution < -0.4 is 5.32 Å². The number of amides is 1. The monoisotopic (exact) mass is 460 g/mol. The molecule has 1 amide bonds. The summed E-state index contributed by atoms with van der Waals surface area (Å²) in [6.07, 6.45) is -1.90. The Labute approximate surface area is 163 Å².